The van der Waals surface area contributed by atoms with Gasteiger partial charge in [0.05, 0.1) is 31.2 Å². The zero-order valence-corrected chi connectivity index (χ0v) is 18.7. The summed E-state index contributed by atoms with van der Waals surface area (Å²) in [4.78, 5) is 29.7. The van der Waals surface area contributed by atoms with Crippen molar-refractivity contribution < 1.29 is 4.79 Å². The lowest BCUT2D eigenvalue weighted by Crippen LogP contribution is -2.33. The molecule has 0 unspecified atom stereocenters. The fraction of sp³-hybridized carbons (Fsp3) is 0.364. The third-order valence-electron chi connectivity index (χ3n) is 5.04. The predicted molar refractivity (Wildman–Crippen MR) is 120 cm³/mol. The van der Waals surface area contributed by atoms with Gasteiger partial charge in [0.2, 0.25) is 5.91 Å². The number of nitrogens with one attached hydrogen (secondary N) is 2. The molecule has 1 aromatic carbocycles. The van der Waals surface area contributed by atoms with Crippen molar-refractivity contribution in [3.8, 4) is 0 Å². The molecule has 0 spiro atoms. The third kappa shape index (κ3) is 6.02. The van der Waals surface area contributed by atoms with Crippen LogP contribution in [0.25, 0.3) is 0 Å². The molecular weight excluding hydrogens is 416 g/mol. The van der Waals surface area contributed by atoms with Crippen LogP contribution in [0, 0.1) is 13.8 Å². The first-order valence-corrected chi connectivity index (χ1v) is 10.5. The van der Waals surface area contributed by atoms with Crippen LogP contribution in [0.1, 0.15) is 27.9 Å². The Morgan fingerprint density at radius 3 is 2.68 bits per heavy atom. The van der Waals surface area contributed by atoms with E-state index < -0.39 is 0 Å². The summed E-state index contributed by atoms with van der Waals surface area (Å²) in [6, 6.07) is 5.61. The number of aromatic nitrogens is 4. The largest absolute Gasteiger partial charge is 0.352 e. The maximum Gasteiger partial charge on any atom is 0.270 e. The Bertz CT molecular complexity index is 1120. The van der Waals surface area contributed by atoms with Gasteiger partial charge in [0.25, 0.3) is 5.56 Å². The van der Waals surface area contributed by atoms with Crippen molar-refractivity contribution in [2.24, 2.45) is 0 Å². The number of carbonyl (C=O) groups excluding carboxylic acids is 1. The van der Waals surface area contributed by atoms with Gasteiger partial charge in [0, 0.05) is 36.4 Å². The number of hydrogen-bond acceptors (Lipinski definition) is 5. The van der Waals surface area contributed by atoms with Gasteiger partial charge in [-0.1, -0.05) is 17.7 Å². The van der Waals surface area contributed by atoms with Gasteiger partial charge in [-0.25, -0.2) is 9.67 Å². The highest BCUT2D eigenvalue weighted by Crippen LogP contribution is 2.16. The number of benzene rings is 1. The Kier molecular flexibility index (Phi) is 7.59. The molecule has 2 aromatic heterocycles. The lowest BCUT2D eigenvalue weighted by molar-refractivity contribution is -0.120. The van der Waals surface area contributed by atoms with E-state index in [1.807, 2.05) is 42.9 Å². The SMILES string of the molecule is CNCc1ccc(Cl)cc1CNC(=O)Cc1c(C)cnn(CCn2cnc(C)c2)c1=O. The van der Waals surface area contributed by atoms with Gasteiger partial charge in [-0.2, -0.15) is 5.10 Å². The van der Waals surface area contributed by atoms with Gasteiger partial charge < -0.3 is 15.2 Å². The van der Waals surface area contributed by atoms with Crippen LogP contribution in [0.2, 0.25) is 5.02 Å². The number of aryl methyl sites for hydroxylation is 4. The Morgan fingerprint density at radius 2 is 1.97 bits per heavy atom. The fourth-order valence-corrected chi connectivity index (χ4v) is 3.52. The second kappa shape index (κ2) is 10.4. The maximum absolute atomic E-state index is 12.9. The molecule has 0 aliphatic carbocycles. The highest BCUT2D eigenvalue weighted by atomic mass is 35.5. The molecule has 0 atom stereocenters. The molecule has 2 N–H and O–H groups in total. The zero-order valence-electron chi connectivity index (χ0n) is 18.0. The second-order valence-corrected chi connectivity index (χ2v) is 7.92. The van der Waals surface area contributed by atoms with Crippen LogP contribution in [0.3, 0.4) is 0 Å². The van der Waals surface area contributed by atoms with E-state index in [4.69, 9.17) is 11.6 Å². The summed E-state index contributed by atoms with van der Waals surface area (Å²) < 4.78 is 3.30. The van der Waals surface area contributed by atoms with Crippen molar-refractivity contribution in [3.05, 3.63) is 80.2 Å². The first-order chi connectivity index (χ1) is 14.9. The van der Waals surface area contributed by atoms with Crippen molar-refractivity contribution in [1.82, 2.24) is 30.0 Å². The minimum atomic E-state index is -0.245. The van der Waals surface area contributed by atoms with E-state index in [9.17, 15) is 9.59 Å². The van der Waals surface area contributed by atoms with Crippen LogP contribution < -0.4 is 16.2 Å². The summed E-state index contributed by atoms with van der Waals surface area (Å²) in [5.74, 6) is -0.224. The van der Waals surface area contributed by atoms with E-state index >= 15 is 0 Å². The molecule has 0 radical (unpaired) electrons. The molecule has 0 aliphatic rings. The molecule has 31 heavy (non-hydrogen) atoms. The van der Waals surface area contributed by atoms with Crippen molar-refractivity contribution in [2.75, 3.05) is 7.05 Å². The molecule has 0 aliphatic heterocycles. The van der Waals surface area contributed by atoms with E-state index in [1.165, 1.54) is 4.68 Å². The first kappa shape index (κ1) is 22.7. The Labute approximate surface area is 186 Å². The lowest BCUT2D eigenvalue weighted by atomic mass is 10.1. The number of rotatable bonds is 9. The molecule has 1 amide bonds. The van der Waals surface area contributed by atoms with Gasteiger partial charge >= 0.3 is 0 Å². The van der Waals surface area contributed by atoms with Crippen molar-refractivity contribution in [2.45, 2.75) is 46.4 Å². The van der Waals surface area contributed by atoms with Gasteiger partial charge in [0.1, 0.15) is 0 Å². The van der Waals surface area contributed by atoms with Crippen LogP contribution in [0.4, 0.5) is 0 Å². The third-order valence-corrected chi connectivity index (χ3v) is 5.28. The highest BCUT2D eigenvalue weighted by molar-refractivity contribution is 6.30. The van der Waals surface area contributed by atoms with E-state index in [0.29, 0.717) is 42.3 Å². The zero-order chi connectivity index (χ0) is 22.4. The highest BCUT2D eigenvalue weighted by Gasteiger charge is 2.14. The van der Waals surface area contributed by atoms with Crippen molar-refractivity contribution in [1.29, 1.82) is 0 Å². The van der Waals surface area contributed by atoms with Crippen molar-refractivity contribution in [3.63, 3.8) is 0 Å². The molecule has 0 saturated carbocycles. The van der Waals surface area contributed by atoms with Crippen LogP contribution in [0.5, 0.6) is 0 Å². The molecular formula is C22H27ClN6O2. The Hall–Kier alpha value is -2.97. The summed E-state index contributed by atoms with van der Waals surface area (Å²) in [7, 11) is 1.86. The van der Waals surface area contributed by atoms with Crippen LogP contribution in [0.15, 0.2) is 41.7 Å². The Balaban J connectivity index is 1.67. The molecule has 2 heterocycles. The predicted octanol–water partition coefficient (Wildman–Crippen LogP) is 1.99. The maximum atomic E-state index is 12.9. The van der Waals surface area contributed by atoms with Crippen LogP contribution in [-0.4, -0.2) is 32.3 Å². The van der Waals surface area contributed by atoms with Gasteiger partial charge in [0.15, 0.2) is 0 Å². The van der Waals surface area contributed by atoms with E-state index in [1.54, 1.807) is 19.4 Å². The van der Waals surface area contributed by atoms with E-state index in [0.717, 1.165) is 16.8 Å². The second-order valence-electron chi connectivity index (χ2n) is 7.48. The average Bonchev–Trinajstić information content (AvgIpc) is 3.16. The number of imidazole rings is 1. The smallest absolute Gasteiger partial charge is 0.270 e. The number of hydrogen-bond donors (Lipinski definition) is 2. The molecule has 3 rings (SSSR count). The molecule has 9 heteroatoms. The van der Waals surface area contributed by atoms with Crippen LogP contribution in [-0.2, 0) is 37.4 Å². The number of amides is 1. The number of halogens is 1. The summed E-state index contributed by atoms with van der Waals surface area (Å²) in [5, 5.41) is 10.8. The standard InChI is InChI=1S/C22H27ClN6O2/c1-15-10-27-29(7-6-28-13-16(2)26-14-28)22(31)20(15)9-21(30)25-12-18-8-19(23)5-4-17(18)11-24-3/h4-5,8,10,13-14,24H,6-7,9,11-12H2,1-3H3,(H,25,30). The fourth-order valence-electron chi connectivity index (χ4n) is 3.33. The molecule has 0 bridgehead atoms. The summed E-state index contributed by atoms with van der Waals surface area (Å²) in [6.07, 6.45) is 5.26. The molecule has 0 saturated heterocycles. The monoisotopic (exact) mass is 442 g/mol. The molecule has 8 nitrogen and oxygen atoms in total. The van der Waals surface area contributed by atoms with Crippen LogP contribution >= 0.6 is 11.6 Å². The van der Waals surface area contributed by atoms with E-state index in [2.05, 4.69) is 20.7 Å². The topological polar surface area (TPSA) is 93.8 Å². The van der Waals surface area contributed by atoms with Crippen molar-refractivity contribution >= 4 is 17.5 Å². The first-order valence-electron chi connectivity index (χ1n) is 10.1. The normalized spacial score (nSPS) is 11.0. The summed E-state index contributed by atoms with van der Waals surface area (Å²) >= 11 is 6.11. The number of nitrogens with zero attached hydrogens (tertiary/aromatic N) is 4. The number of carbonyl (C=O) groups is 1. The summed E-state index contributed by atoms with van der Waals surface area (Å²) in [6.45, 7) is 5.70. The Morgan fingerprint density at radius 1 is 1.16 bits per heavy atom. The quantitative estimate of drug-likeness (QED) is 0.528. The van der Waals surface area contributed by atoms with E-state index in [-0.39, 0.29) is 17.9 Å². The lowest BCUT2D eigenvalue weighted by Gasteiger charge is -2.12. The average molecular weight is 443 g/mol. The minimum Gasteiger partial charge on any atom is -0.352 e. The minimum absolute atomic E-state index is 0.000697. The van der Waals surface area contributed by atoms with Gasteiger partial charge in [-0.15, -0.1) is 0 Å². The molecule has 3 aromatic rings. The molecule has 164 valence electrons. The summed E-state index contributed by atoms with van der Waals surface area (Å²) in [5.41, 5.74) is 3.83. The molecule has 0 fully saturated rings. The van der Waals surface area contributed by atoms with Gasteiger partial charge in [-0.05, 0) is 49.7 Å². The van der Waals surface area contributed by atoms with Gasteiger partial charge in [-0.3, -0.25) is 9.59 Å².